The quantitative estimate of drug-likeness (QED) is 0.734. The Balaban J connectivity index is 1.68. The number of esters is 1. The van der Waals surface area contributed by atoms with Gasteiger partial charge >= 0.3 is 5.97 Å². The van der Waals surface area contributed by atoms with Crippen LogP contribution in [0.4, 0.5) is 5.69 Å². The maximum atomic E-state index is 12.8. The summed E-state index contributed by atoms with van der Waals surface area (Å²) in [7, 11) is -3.13. The molecule has 1 saturated carbocycles. The molecule has 1 aromatic carbocycles. The zero-order valence-corrected chi connectivity index (χ0v) is 15.6. The van der Waals surface area contributed by atoms with E-state index in [9.17, 15) is 18.0 Å². The highest BCUT2D eigenvalue weighted by atomic mass is 32.2. The second-order valence-electron chi connectivity index (χ2n) is 7.10. The number of benzene rings is 1. The fourth-order valence-corrected chi connectivity index (χ4v) is 5.48. The number of nitrogens with zero attached hydrogens (tertiary/aromatic N) is 1. The van der Waals surface area contributed by atoms with Crippen molar-refractivity contribution in [3.63, 3.8) is 0 Å². The molecule has 0 unspecified atom stereocenters. The Morgan fingerprint density at radius 1 is 1.04 bits per heavy atom. The van der Waals surface area contributed by atoms with Crippen LogP contribution in [0.2, 0.25) is 0 Å². The largest absolute Gasteiger partial charge is 0.455 e. The normalized spacial score (nSPS) is 22.7. The van der Waals surface area contributed by atoms with Gasteiger partial charge in [-0.25, -0.2) is 8.42 Å². The average Bonchev–Trinajstić information content (AvgIpc) is 3.01. The van der Waals surface area contributed by atoms with Gasteiger partial charge in [0.05, 0.1) is 23.5 Å². The fraction of sp³-hybridized carbons (Fsp3) is 0.579. The van der Waals surface area contributed by atoms with Gasteiger partial charge in [0, 0.05) is 5.69 Å². The van der Waals surface area contributed by atoms with E-state index in [1.165, 1.54) is 4.90 Å². The summed E-state index contributed by atoms with van der Waals surface area (Å²) in [6.07, 6.45) is 5.21. The number of hydrogen-bond donors (Lipinski definition) is 0. The Hall–Kier alpha value is -1.89. The molecule has 0 spiro atoms. The average molecular weight is 379 g/mol. The Labute approximate surface area is 154 Å². The van der Waals surface area contributed by atoms with Gasteiger partial charge in [0.1, 0.15) is 0 Å². The van der Waals surface area contributed by atoms with E-state index in [2.05, 4.69) is 0 Å². The molecule has 0 aromatic heterocycles. The third kappa shape index (κ3) is 4.63. The molecule has 1 saturated heterocycles. The monoisotopic (exact) mass is 379 g/mol. The van der Waals surface area contributed by atoms with E-state index in [0.717, 1.165) is 32.1 Å². The SMILES string of the molecule is O=C(OCC(=O)N(c1ccccc1)[C@@H]1CCS(=O)(=O)C1)C1CCCCC1. The minimum absolute atomic E-state index is 0.0514. The first-order chi connectivity index (χ1) is 12.5. The molecule has 0 N–H and O–H groups in total. The summed E-state index contributed by atoms with van der Waals surface area (Å²) in [6.45, 7) is -0.346. The van der Waals surface area contributed by atoms with E-state index in [1.807, 2.05) is 6.07 Å². The standard InChI is InChI=1S/C19H25NO5S/c21-18(13-25-19(22)15-7-3-1-4-8-15)20(16-9-5-2-6-10-16)17-11-12-26(23,24)14-17/h2,5-6,9-10,15,17H,1,3-4,7-8,11-14H2/t17-/m1/s1. The molecule has 1 aliphatic carbocycles. The molecule has 3 rings (SSSR count). The number of sulfone groups is 1. The lowest BCUT2D eigenvalue weighted by atomic mass is 9.89. The van der Waals surface area contributed by atoms with E-state index < -0.39 is 15.9 Å². The highest BCUT2D eigenvalue weighted by Gasteiger charge is 2.36. The van der Waals surface area contributed by atoms with E-state index in [-0.39, 0.29) is 35.9 Å². The summed E-state index contributed by atoms with van der Waals surface area (Å²) in [5.41, 5.74) is 0.633. The number of para-hydroxylation sites is 1. The third-order valence-corrected chi connectivity index (χ3v) is 6.90. The lowest BCUT2D eigenvalue weighted by molar-refractivity contribution is -0.153. The highest BCUT2D eigenvalue weighted by molar-refractivity contribution is 7.91. The van der Waals surface area contributed by atoms with Crippen LogP contribution in [-0.2, 0) is 24.2 Å². The number of rotatable bonds is 5. The Morgan fingerprint density at radius 3 is 2.35 bits per heavy atom. The number of carbonyl (C=O) groups excluding carboxylic acids is 2. The second-order valence-corrected chi connectivity index (χ2v) is 9.33. The molecule has 1 aliphatic heterocycles. The van der Waals surface area contributed by atoms with Gasteiger partial charge in [0.25, 0.3) is 5.91 Å². The van der Waals surface area contributed by atoms with Gasteiger partial charge in [-0.2, -0.15) is 0 Å². The topological polar surface area (TPSA) is 80.8 Å². The Kier molecular flexibility index (Phi) is 5.96. The van der Waals surface area contributed by atoms with Crippen LogP contribution >= 0.6 is 0 Å². The van der Waals surface area contributed by atoms with E-state index in [1.54, 1.807) is 24.3 Å². The molecule has 142 valence electrons. The molecule has 1 heterocycles. The number of amides is 1. The summed E-state index contributed by atoms with van der Waals surface area (Å²) < 4.78 is 29.0. The molecule has 2 aliphatic rings. The van der Waals surface area contributed by atoms with Crippen molar-refractivity contribution >= 4 is 27.4 Å². The molecule has 1 atom stereocenters. The van der Waals surface area contributed by atoms with Crippen LogP contribution in [0.5, 0.6) is 0 Å². The second kappa shape index (κ2) is 8.20. The van der Waals surface area contributed by atoms with Gasteiger partial charge < -0.3 is 9.64 Å². The Bertz CT molecular complexity index is 740. The van der Waals surface area contributed by atoms with Crippen molar-refractivity contribution in [2.24, 2.45) is 5.92 Å². The van der Waals surface area contributed by atoms with Crippen LogP contribution in [-0.4, -0.2) is 44.4 Å². The molecule has 7 heteroatoms. The van der Waals surface area contributed by atoms with Crippen LogP contribution in [0.3, 0.4) is 0 Å². The zero-order chi connectivity index (χ0) is 18.6. The van der Waals surface area contributed by atoms with Crippen molar-refractivity contribution in [2.75, 3.05) is 23.0 Å². The highest BCUT2D eigenvalue weighted by Crippen LogP contribution is 2.26. The minimum atomic E-state index is -3.13. The summed E-state index contributed by atoms with van der Waals surface area (Å²) in [5, 5.41) is 0. The van der Waals surface area contributed by atoms with Crippen molar-refractivity contribution in [1.29, 1.82) is 0 Å². The van der Waals surface area contributed by atoms with Crippen molar-refractivity contribution in [2.45, 2.75) is 44.6 Å². The molecular formula is C19H25NO5S. The smallest absolute Gasteiger partial charge is 0.309 e. The van der Waals surface area contributed by atoms with Crippen LogP contribution < -0.4 is 4.90 Å². The maximum absolute atomic E-state index is 12.8. The van der Waals surface area contributed by atoms with Gasteiger partial charge in [-0.3, -0.25) is 9.59 Å². The van der Waals surface area contributed by atoms with Gasteiger partial charge in [-0.15, -0.1) is 0 Å². The Morgan fingerprint density at radius 2 is 1.73 bits per heavy atom. The number of hydrogen-bond acceptors (Lipinski definition) is 5. The van der Waals surface area contributed by atoms with E-state index in [0.29, 0.717) is 12.1 Å². The predicted molar refractivity (Wildman–Crippen MR) is 98.5 cm³/mol. The summed E-state index contributed by atoms with van der Waals surface area (Å²) in [6, 6.07) is 8.56. The number of ether oxygens (including phenoxy) is 1. The molecule has 1 amide bonds. The maximum Gasteiger partial charge on any atom is 0.309 e. The molecule has 0 bridgehead atoms. The van der Waals surface area contributed by atoms with Crippen LogP contribution in [0.25, 0.3) is 0 Å². The fourth-order valence-electron chi connectivity index (χ4n) is 3.78. The molecule has 26 heavy (non-hydrogen) atoms. The van der Waals surface area contributed by atoms with Crippen LogP contribution in [0.15, 0.2) is 30.3 Å². The van der Waals surface area contributed by atoms with Gasteiger partial charge in [0.15, 0.2) is 16.4 Å². The number of carbonyl (C=O) groups is 2. The van der Waals surface area contributed by atoms with Crippen molar-refractivity contribution in [1.82, 2.24) is 0 Å². The van der Waals surface area contributed by atoms with Crippen molar-refractivity contribution in [3.8, 4) is 0 Å². The lowest BCUT2D eigenvalue weighted by Gasteiger charge is -2.28. The number of anilines is 1. The first-order valence-corrected chi connectivity index (χ1v) is 11.0. The first kappa shape index (κ1) is 18.9. The third-order valence-electron chi connectivity index (χ3n) is 5.15. The molecule has 0 radical (unpaired) electrons. The van der Waals surface area contributed by atoms with Gasteiger partial charge in [-0.05, 0) is 31.4 Å². The van der Waals surface area contributed by atoms with Gasteiger partial charge in [-0.1, -0.05) is 37.5 Å². The van der Waals surface area contributed by atoms with Crippen molar-refractivity contribution in [3.05, 3.63) is 30.3 Å². The first-order valence-electron chi connectivity index (χ1n) is 9.20. The summed E-state index contributed by atoms with van der Waals surface area (Å²) >= 11 is 0. The molecule has 1 aromatic rings. The molecule has 6 nitrogen and oxygen atoms in total. The van der Waals surface area contributed by atoms with Crippen LogP contribution in [0, 0.1) is 5.92 Å². The predicted octanol–water partition coefficient (Wildman–Crippen LogP) is 2.33. The van der Waals surface area contributed by atoms with Gasteiger partial charge in [0.2, 0.25) is 0 Å². The zero-order valence-electron chi connectivity index (χ0n) is 14.8. The van der Waals surface area contributed by atoms with Crippen molar-refractivity contribution < 1.29 is 22.7 Å². The van der Waals surface area contributed by atoms with E-state index in [4.69, 9.17) is 4.74 Å². The summed E-state index contributed by atoms with van der Waals surface area (Å²) in [4.78, 5) is 26.5. The summed E-state index contributed by atoms with van der Waals surface area (Å²) in [5.74, 6) is -0.776. The lowest BCUT2D eigenvalue weighted by Crippen LogP contribution is -2.44. The van der Waals surface area contributed by atoms with E-state index >= 15 is 0 Å². The van der Waals surface area contributed by atoms with Crippen LogP contribution in [0.1, 0.15) is 38.5 Å². The minimum Gasteiger partial charge on any atom is -0.455 e. The molecular weight excluding hydrogens is 354 g/mol. The molecule has 2 fully saturated rings.